The molecule has 0 fully saturated rings. The highest BCUT2D eigenvalue weighted by Gasteiger charge is 2.05. The molecule has 0 unspecified atom stereocenters. The predicted molar refractivity (Wildman–Crippen MR) is 73.9 cm³/mol. The Morgan fingerprint density at radius 1 is 0.938 bits per heavy atom. The smallest absolute Gasteiger partial charge is 0.00752 e. The van der Waals surface area contributed by atoms with Crippen LogP contribution in [-0.2, 0) is 0 Å². The average Bonchev–Trinajstić information content (AvgIpc) is 2.50. The number of benzene rings is 1. The van der Waals surface area contributed by atoms with Gasteiger partial charge in [-0.1, -0.05) is 56.5 Å². The summed E-state index contributed by atoms with van der Waals surface area (Å²) < 4.78 is 0. The van der Waals surface area contributed by atoms with E-state index in [1.807, 2.05) is 12.2 Å². The molecule has 0 heterocycles. The minimum atomic E-state index is 0.492. The standard InChI is InChI=1S/C16H16/c1-4-13-10-15-8-6-12(3)7-9-16(15)11-14(13)5-2/h4-12H,1-2H2,3H3. The molecule has 1 aromatic rings. The van der Waals surface area contributed by atoms with Gasteiger partial charge in [-0.25, -0.2) is 0 Å². The molecule has 0 heteroatoms. The van der Waals surface area contributed by atoms with E-state index >= 15 is 0 Å². The Labute approximate surface area is 97.3 Å². The fourth-order valence-corrected chi connectivity index (χ4v) is 1.89. The van der Waals surface area contributed by atoms with Gasteiger partial charge in [-0.05, 0) is 40.3 Å². The molecule has 0 aliphatic heterocycles. The van der Waals surface area contributed by atoms with Gasteiger partial charge in [-0.2, -0.15) is 0 Å². The van der Waals surface area contributed by atoms with Gasteiger partial charge >= 0.3 is 0 Å². The molecule has 0 bridgehead atoms. The van der Waals surface area contributed by atoms with Gasteiger partial charge in [0, 0.05) is 0 Å². The number of hydrogen-bond acceptors (Lipinski definition) is 0. The van der Waals surface area contributed by atoms with Crippen LogP contribution in [0.4, 0.5) is 0 Å². The third-order valence-electron chi connectivity index (χ3n) is 2.89. The van der Waals surface area contributed by atoms with Gasteiger partial charge in [0.1, 0.15) is 0 Å². The van der Waals surface area contributed by atoms with Crippen molar-refractivity contribution in [1.82, 2.24) is 0 Å². The van der Waals surface area contributed by atoms with Crippen molar-refractivity contribution in [3.63, 3.8) is 0 Å². The maximum atomic E-state index is 3.84. The molecule has 0 spiro atoms. The Balaban J connectivity index is 2.62. The molecule has 80 valence electrons. The minimum Gasteiger partial charge on any atom is -0.0984 e. The lowest BCUT2D eigenvalue weighted by Crippen LogP contribution is -1.87. The van der Waals surface area contributed by atoms with Crippen molar-refractivity contribution >= 4 is 24.3 Å². The molecule has 0 radical (unpaired) electrons. The maximum Gasteiger partial charge on any atom is -0.00752 e. The zero-order valence-corrected chi connectivity index (χ0v) is 9.61. The largest absolute Gasteiger partial charge is 0.0984 e. The highest BCUT2D eigenvalue weighted by molar-refractivity contribution is 5.75. The molecular formula is C16H16. The summed E-state index contributed by atoms with van der Waals surface area (Å²) in [6.07, 6.45) is 12.5. The van der Waals surface area contributed by atoms with Gasteiger partial charge in [-0.15, -0.1) is 0 Å². The summed E-state index contributed by atoms with van der Waals surface area (Å²) >= 11 is 0. The Bertz CT molecular complexity index is 442. The quantitative estimate of drug-likeness (QED) is 0.663. The van der Waals surface area contributed by atoms with E-state index in [0.717, 1.165) is 11.1 Å². The van der Waals surface area contributed by atoms with Gasteiger partial charge in [0.25, 0.3) is 0 Å². The predicted octanol–water partition coefficient (Wildman–Crippen LogP) is 4.65. The third kappa shape index (κ3) is 1.92. The number of allylic oxidation sites excluding steroid dienone is 2. The molecule has 0 nitrogen and oxygen atoms in total. The van der Waals surface area contributed by atoms with Crippen LogP contribution in [0.2, 0.25) is 0 Å². The summed E-state index contributed by atoms with van der Waals surface area (Å²) in [6, 6.07) is 4.33. The van der Waals surface area contributed by atoms with Crippen molar-refractivity contribution < 1.29 is 0 Å². The van der Waals surface area contributed by atoms with E-state index in [9.17, 15) is 0 Å². The van der Waals surface area contributed by atoms with Crippen LogP contribution in [0, 0.1) is 5.92 Å². The molecule has 0 aromatic heterocycles. The van der Waals surface area contributed by atoms with E-state index in [1.54, 1.807) is 0 Å². The normalized spacial score (nSPS) is 14.3. The molecule has 0 N–H and O–H groups in total. The Hall–Kier alpha value is -1.82. The van der Waals surface area contributed by atoms with Crippen molar-refractivity contribution in [2.24, 2.45) is 5.92 Å². The second-order valence-electron chi connectivity index (χ2n) is 4.10. The lowest BCUT2D eigenvalue weighted by atomic mass is 9.98. The third-order valence-corrected chi connectivity index (χ3v) is 2.89. The molecule has 0 atom stereocenters. The maximum absolute atomic E-state index is 3.84. The van der Waals surface area contributed by atoms with E-state index in [-0.39, 0.29) is 0 Å². The highest BCUT2D eigenvalue weighted by Crippen LogP contribution is 2.25. The summed E-state index contributed by atoms with van der Waals surface area (Å²) in [4.78, 5) is 0. The van der Waals surface area contributed by atoms with Crippen LogP contribution in [-0.4, -0.2) is 0 Å². The molecule has 1 aliphatic rings. The molecule has 0 saturated heterocycles. The molecule has 16 heavy (non-hydrogen) atoms. The van der Waals surface area contributed by atoms with Crippen molar-refractivity contribution in [3.8, 4) is 0 Å². The van der Waals surface area contributed by atoms with E-state index < -0.39 is 0 Å². The second kappa shape index (κ2) is 4.36. The van der Waals surface area contributed by atoms with Crippen LogP contribution < -0.4 is 0 Å². The first-order chi connectivity index (χ1) is 7.74. The van der Waals surface area contributed by atoms with Crippen molar-refractivity contribution in [2.75, 3.05) is 0 Å². The summed E-state index contributed by atoms with van der Waals surface area (Å²) in [6.45, 7) is 9.86. The first-order valence-corrected chi connectivity index (χ1v) is 5.54. The molecular weight excluding hydrogens is 192 g/mol. The first kappa shape index (κ1) is 10.7. The van der Waals surface area contributed by atoms with E-state index in [4.69, 9.17) is 0 Å². The first-order valence-electron chi connectivity index (χ1n) is 5.54. The van der Waals surface area contributed by atoms with Gasteiger partial charge in [0.05, 0.1) is 0 Å². The van der Waals surface area contributed by atoms with E-state index in [0.29, 0.717) is 5.92 Å². The minimum absolute atomic E-state index is 0.492. The topological polar surface area (TPSA) is 0 Å². The monoisotopic (exact) mass is 208 g/mol. The molecule has 2 rings (SSSR count). The number of fused-ring (bicyclic) bond motifs is 1. The van der Waals surface area contributed by atoms with Crippen LogP contribution in [0.15, 0.2) is 37.4 Å². The van der Waals surface area contributed by atoms with Gasteiger partial charge in [0.15, 0.2) is 0 Å². The SMILES string of the molecule is C=Cc1cc2c(cc1C=C)C=CC(C)C=C2. The zero-order chi connectivity index (χ0) is 11.5. The van der Waals surface area contributed by atoms with Crippen LogP contribution >= 0.6 is 0 Å². The Morgan fingerprint density at radius 2 is 1.38 bits per heavy atom. The van der Waals surface area contributed by atoms with Crippen LogP contribution in [0.25, 0.3) is 24.3 Å². The second-order valence-corrected chi connectivity index (χ2v) is 4.10. The summed E-state index contributed by atoms with van der Waals surface area (Å²) in [7, 11) is 0. The molecule has 1 aliphatic carbocycles. The lowest BCUT2D eigenvalue weighted by molar-refractivity contribution is 0.954. The van der Waals surface area contributed by atoms with Crippen LogP contribution in [0.1, 0.15) is 29.2 Å². The molecule has 0 amide bonds. The lowest BCUT2D eigenvalue weighted by Gasteiger charge is -2.06. The zero-order valence-electron chi connectivity index (χ0n) is 9.61. The fraction of sp³-hybridized carbons (Fsp3) is 0.125. The van der Waals surface area contributed by atoms with Crippen LogP contribution in [0.5, 0.6) is 0 Å². The van der Waals surface area contributed by atoms with Gasteiger partial charge in [0.2, 0.25) is 0 Å². The fourth-order valence-electron chi connectivity index (χ4n) is 1.89. The highest BCUT2D eigenvalue weighted by atomic mass is 14.1. The Morgan fingerprint density at radius 3 is 1.75 bits per heavy atom. The van der Waals surface area contributed by atoms with Crippen molar-refractivity contribution in [3.05, 3.63) is 59.7 Å². The number of hydrogen-bond donors (Lipinski definition) is 0. The number of rotatable bonds is 2. The van der Waals surface area contributed by atoms with Crippen LogP contribution in [0.3, 0.4) is 0 Å². The van der Waals surface area contributed by atoms with E-state index in [1.165, 1.54) is 11.1 Å². The summed E-state index contributed by atoms with van der Waals surface area (Å²) in [5.74, 6) is 0.492. The molecule has 1 aromatic carbocycles. The molecule has 0 saturated carbocycles. The van der Waals surface area contributed by atoms with Crippen molar-refractivity contribution in [2.45, 2.75) is 6.92 Å². The summed E-state index contributed by atoms with van der Waals surface area (Å²) in [5.41, 5.74) is 4.78. The van der Waals surface area contributed by atoms with E-state index in [2.05, 4.69) is 56.5 Å². The Kier molecular flexibility index (Phi) is 2.91. The van der Waals surface area contributed by atoms with Gasteiger partial charge in [-0.3, -0.25) is 0 Å². The van der Waals surface area contributed by atoms with Crippen molar-refractivity contribution in [1.29, 1.82) is 0 Å². The summed E-state index contributed by atoms with van der Waals surface area (Å²) in [5, 5.41) is 0. The average molecular weight is 208 g/mol. The van der Waals surface area contributed by atoms with Gasteiger partial charge < -0.3 is 0 Å².